The number of hydroxylamine groups is 2. The zero-order valence-electron chi connectivity index (χ0n) is 20.4. The average molecular weight is 421 g/mol. The summed E-state index contributed by atoms with van der Waals surface area (Å²) in [5.41, 5.74) is -0.205. The van der Waals surface area contributed by atoms with E-state index in [2.05, 4.69) is 51.3 Å². The third kappa shape index (κ3) is 8.93. The van der Waals surface area contributed by atoms with Crippen LogP contribution in [0.4, 0.5) is 0 Å². The van der Waals surface area contributed by atoms with Gasteiger partial charge in [0, 0.05) is 29.1 Å². The van der Waals surface area contributed by atoms with Gasteiger partial charge in [-0.05, 0) is 53.9 Å². The lowest BCUT2D eigenvalue weighted by atomic mass is 9.79. The Morgan fingerprint density at radius 1 is 1.11 bits per heavy atom. The highest BCUT2D eigenvalue weighted by Crippen LogP contribution is 2.43. The molecule has 0 bridgehead atoms. The van der Waals surface area contributed by atoms with Crippen LogP contribution in [0.3, 0.4) is 0 Å². The van der Waals surface area contributed by atoms with Gasteiger partial charge in [-0.1, -0.05) is 41.0 Å². The first kappa shape index (κ1) is 28.2. The third-order valence-electron chi connectivity index (χ3n) is 5.09. The minimum Gasteiger partial charge on any atom is -0.396 e. The van der Waals surface area contributed by atoms with Gasteiger partial charge in [-0.2, -0.15) is 5.06 Å². The number of nitrogens with zero attached hydrogens (tertiary/aromatic N) is 2. The lowest BCUT2D eigenvalue weighted by Gasteiger charge is -2.55. The Balaban J connectivity index is 0.00000352. The molecule has 1 saturated heterocycles. The number of unbranched alkanes of at least 4 members (excludes halogenated alkanes) is 1. The maximum Gasteiger partial charge on any atom is 0.0892 e. The fourth-order valence-electron chi connectivity index (χ4n) is 3.90. The second kappa shape index (κ2) is 12.8. The molecule has 28 heavy (non-hydrogen) atoms. The summed E-state index contributed by atoms with van der Waals surface area (Å²) in [7, 11) is 0.349. The van der Waals surface area contributed by atoms with E-state index in [-0.39, 0.29) is 23.1 Å². The summed E-state index contributed by atoms with van der Waals surface area (Å²) in [5.74, 6) is 0. The highest BCUT2D eigenvalue weighted by molar-refractivity contribution is 7.29. The number of aliphatic hydroxyl groups is 1. The number of piperidine rings is 1. The number of hydrogen-bond acceptors (Lipinski definition) is 5. The molecule has 1 aliphatic heterocycles. The predicted molar refractivity (Wildman–Crippen MR) is 123 cm³/mol. The number of hydrogen-bond donors (Lipinski definition) is 1. The van der Waals surface area contributed by atoms with Gasteiger partial charge in [0.15, 0.2) is 0 Å². The Hall–Kier alpha value is 0.230. The van der Waals surface area contributed by atoms with Gasteiger partial charge in [-0.15, -0.1) is 0 Å². The summed E-state index contributed by atoms with van der Waals surface area (Å²) in [5, 5.41) is 11.7. The molecule has 170 valence electrons. The first-order valence-electron chi connectivity index (χ1n) is 11.2. The van der Waals surface area contributed by atoms with E-state index in [0.717, 1.165) is 19.4 Å². The van der Waals surface area contributed by atoms with E-state index >= 15 is 0 Å². The molecular weight excluding hydrogens is 371 g/mol. The van der Waals surface area contributed by atoms with Gasteiger partial charge in [0.05, 0.1) is 28.8 Å². The molecule has 1 heterocycles. The van der Waals surface area contributed by atoms with E-state index in [1.54, 1.807) is 0 Å². The Morgan fingerprint density at radius 3 is 2.07 bits per heavy atom. The van der Waals surface area contributed by atoms with E-state index in [1.165, 1.54) is 12.8 Å². The molecule has 1 rings (SSSR count). The van der Waals surface area contributed by atoms with Crippen LogP contribution in [0.15, 0.2) is 0 Å². The third-order valence-corrected chi connectivity index (χ3v) is 6.19. The van der Waals surface area contributed by atoms with Gasteiger partial charge in [-0.25, -0.2) is 0 Å². The molecule has 0 saturated carbocycles. The molecule has 1 N–H and O–H groups in total. The maximum absolute atomic E-state index is 9.46. The zero-order chi connectivity index (χ0) is 22.0. The van der Waals surface area contributed by atoms with Gasteiger partial charge in [0.25, 0.3) is 0 Å². The SMILES string of the molecule is CC.CCCCN(POCC(C)(C)CO)C1CC(C)(C)N(OCC)C(C)(C)C1. The molecule has 6 heteroatoms. The van der Waals surface area contributed by atoms with E-state index in [4.69, 9.17) is 9.36 Å². The van der Waals surface area contributed by atoms with E-state index < -0.39 is 0 Å². The Kier molecular flexibility index (Phi) is 12.9. The van der Waals surface area contributed by atoms with Crippen molar-refractivity contribution in [3.8, 4) is 0 Å². The van der Waals surface area contributed by atoms with Crippen molar-refractivity contribution < 1.29 is 14.5 Å². The lowest BCUT2D eigenvalue weighted by Crippen LogP contribution is -2.63. The van der Waals surface area contributed by atoms with Crippen molar-refractivity contribution in [1.82, 2.24) is 9.73 Å². The van der Waals surface area contributed by atoms with E-state index in [0.29, 0.717) is 28.2 Å². The standard InChI is InChI=1S/C20H43N2O3P.C2H6/c1-9-11-12-21(26-25-16-18(3,4)15-23)17-13-19(5,6)22(24-10-2)20(7,8)14-17;1-2/h17,23,26H,9-16H2,1-8H3;1-2H3. The van der Waals surface area contributed by atoms with Crippen molar-refractivity contribution in [2.45, 2.75) is 112 Å². The quantitative estimate of drug-likeness (QED) is 0.439. The van der Waals surface area contributed by atoms with Crippen LogP contribution < -0.4 is 0 Å². The molecule has 5 nitrogen and oxygen atoms in total. The van der Waals surface area contributed by atoms with Gasteiger partial charge in [-0.3, -0.25) is 9.51 Å². The van der Waals surface area contributed by atoms with Gasteiger partial charge >= 0.3 is 0 Å². The van der Waals surface area contributed by atoms with Gasteiger partial charge in [0.2, 0.25) is 0 Å². The molecule has 0 aromatic heterocycles. The zero-order valence-corrected chi connectivity index (χ0v) is 21.4. The van der Waals surface area contributed by atoms with Crippen LogP contribution in [0, 0.1) is 5.41 Å². The summed E-state index contributed by atoms with van der Waals surface area (Å²) in [4.78, 5) is 6.02. The molecule has 1 aliphatic rings. The molecule has 0 aromatic carbocycles. The first-order chi connectivity index (χ1) is 13.0. The molecule has 1 unspecified atom stereocenters. The molecule has 0 aromatic rings. The summed E-state index contributed by atoms with van der Waals surface area (Å²) in [6, 6.07) is 0.485. The molecule has 0 amide bonds. The van der Waals surface area contributed by atoms with Crippen LogP contribution in [0.1, 0.15) is 94.9 Å². The summed E-state index contributed by atoms with van der Waals surface area (Å²) in [6.45, 7) is 24.0. The maximum atomic E-state index is 9.46. The van der Waals surface area contributed by atoms with Crippen molar-refractivity contribution in [3.63, 3.8) is 0 Å². The minimum atomic E-state index is -0.180. The fourth-order valence-corrected chi connectivity index (χ4v) is 5.10. The topological polar surface area (TPSA) is 45.2 Å². The molecule has 0 radical (unpaired) electrons. The van der Waals surface area contributed by atoms with Crippen LogP contribution in [0.25, 0.3) is 0 Å². The van der Waals surface area contributed by atoms with Crippen LogP contribution in [-0.2, 0) is 9.36 Å². The summed E-state index contributed by atoms with van der Waals surface area (Å²) < 4.78 is 8.59. The fraction of sp³-hybridized carbons (Fsp3) is 1.00. The van der Waals surface area contributed by atoms with Crippen LogP contribution in [-0.4, -0.2) is 58.3 Å². The number of rotatable bonds is 11. The predicted octanol–water partition coefficient (Wildman–Crippen LogP) is 5.63. The monoisotopic (exact) mass is 420 g/mol. The second-order valence-electron chi connectivity index (χ2n) is 9.65. The molecule has 1 atom stereocenters. The van der Waals surface area contributed by atoms with Crippen LogP contribution in [0.2, 0.25) is 0 Å². The van der Waals surface area contributed by atoms with Crippen molar-refractivity contribution in [1.29, 1.82) is 0 Å². The smallest absolute Gasteiger partial charge is 0.0892 e. The van der Waals surface area contributed by atoms with E-state index in [9.17, 15) is 5.11 Å². The minimum absolute atomic E-state index is 0.0122. The second-order valence-corrected chi connectivity index (χ2v) is 10.7. The Morgan fingerprint density at radius 2 is 1.64 bits per heavy atom. The molecular formula is C22H49N2O3P. The van der Waals surface area contributed by atoms with Crippen LogP contribution in [0.5, 0.6) is 0 Å². The van der Waals surface area contributed by atoms with Crippen LogP contribution >= 0.6 is 8.96 Å². The van der Waals surface area contributed by atoms with Crippen molar-refractivity contribution in [3.05, 3.63) is 0 Å². The normalized spacial score (nSPS) is 20.6. The highest BCUT2D eigenvalue weighted by atomic mass is 31.1. The molecule has 1 fully saturated rings. The Labute approximate surface area is 177 Å². The van der Waals surface area contributed by atoms with E-state index in [1.807, 2.05) is 27.7 Å². The number of aliphatic hydroxyl groups excluding tert-OH is 1. The summed E-state index contributed by atoms with van der Waals surface area (Å²) in [6.07, 6.45) is 4.51. The average Bonchev–Trinajstić information content (AvgIpc) is 2.62. The largest absolute Gasteiger partial charge is 0.396 e. The van der Waals surface area contributed by atoms with Crippen molar-refractivity contribution in [2.24, 2.45) is 5.41 Å². The molecule has 0 spiro atoms. The first-order valence-corrected chi connectivity index (χ1v) is 12.0. The van der Waals surface area contributed by atoms with Crippen molar-refractivity contribution in [2.75, 3.05) is 26.4 Å². The highest BCUT2D eigenvalue weighted by Gasteiger charge is 2.47. The molecule has 0 aliphatic carbocycles. The Bertz CT molecular complexity index is 399. The van der Waals surface area contributed by atoms with Gasteiger partial charge in [0.1, 0.15) is 0 Å². The lowest BCUT2D eigenvalue weighted by molar-refractivity contribution is -0.284. The van der Waals surface area contributed by atoms with Crippen molar-refractivity contribution >= 4 is 8.96 Å². The summed E-state index contributed by atoms with van der Waals surface area (Å²) >= 11 is 0. The van der Waals surface area contributed by atoms with Gasteiger partial charge < -0.3 is 9.63 Å².